The third-order valence-electron chi connectivity index (χ3n) is 1.93. The third kappa shape index (κ3) is 1.98. The molecule has 2 aromatic rings. The highest BCUT2D eigenvalue weighted by Gasteiger charge is 2.12. The smallest absolute Gasteiger partial charge is 0.340 e. The molecule has 2 N–H and O–H groups in total. The summed E-state index contributed by atoms with van der Waals surface area (Å²) in [5.41, 5.74) is 8.17. The molecule has 1 aromatic carbocycles. The minimum Gasteiger partial charge on any atom is -0.461 e. The number of para-hydroxylation sites is 1. The van der Waals surface area contributed by atoms with E-state index >= 15 is 0 Å². The van der Waals surface area contributed by atoms with Gasteiger partial charge in [-0.3, -0.25) is 0 Å². The lowest BCUT2D eigenvalue weighted by atomic mass is 10.2. The molecule has 0 spiro atoms. The molecule has 5 heteroatoms. The molecule has 0 aliphatic carbocycles. The fraction of sp³-hybridized carbons (Fsp3) is 0.200. The molecular formula is C10H10N2O2S. The van der Waals surface area contributed by atoms with Crippen molar-refractivity contribution in [3.63, 3.8) is 0 Å². The summed E-state index contributed by atoms with van der Waals surface area (Å²) in [6, 6.07) is 5.45. The van der Waals surface area contributed by atoms with Crippen molar-refractivity contribution in [2.75, 3.05) is 13.2 Å². The van der Waals surface area contributed by atoms with Crippen LogP contribution in [0.3, 0.4) is 0 Å². The standard InChI is InChI=1S/C10H10N2O2S/c11-4-5-14-10(13)7-2-1-3-8-9(7)12-6-15-8/h1-3,6H,4-5,11H2. The molecule has 15 heavy (non-hydrogen) atoms. The summed E-state index contributed by atoms with van der Waals surface area (Å²) in [6.45, 7) is 0.568. The Balaban J connectivity index is 2.34. The maximum atomic E-state index is 11.6. The van der Waals surface area contributed by atoms with Crippen LogP contribution in [0, 0.1) is 0 Å². The van der Waals surface area contributed by atoms with E-state index in [1.54, 1.807) is 11.6 Å². The van der Waals surface area contributed by atoms with Gasteiger partial charge in [-0.25, -0.2) is 9.78 Å². The first-order valence-corrected chi connectivity index (χ1v) is 5.40. The van der Waals surface area contributed by atoms with Gasteiger partial charge in [0.25, 0.3) is 0 Å². The molecule has 4 nitrogen and oxygen atoms in total. The number of rotatable bonds is 3. The van der Waals surface area contributed by atoms with E-state index in [0.717, 1.165) is 4.70 Å². The van der Waals surface area contributed by atoms with Gasteiger partial charge in [0.1, 0.15) is 6.61 Å². The van der Waals surface area contributed by atoms with E-state index in [4.69, 9.17) is 10.5 Å². The largest absolute Gasteiger partial charge is 0.461 e. The second-order valence-electron chi connectivity index (χ2n) is 2.93. The average molecular weight is 222 g/mol. The van der Waals surface area contributed by atoms with E-state index in [-0.39, 0.29) is 12.6 Å². The Morgan fingerprint density at radius 3 is 3.20 bits per heavy atom. The molecule has 0 aliphatic heterocycles. The lowest BCUT2D eigenvalue weighted by Crippen LogP contribution is -2.13. The van der Waals surface area contributed by atoms with Crippen LogP contribution in [0.1, 0.15) is 10.4 Å². The van der Waals surface area contributed by atoms with Gasteiger partial charge in [-0.05, 0) is 12.1 Å². The number of aromatic nitrogens is 1. The number of hydrogen-bond donors (Lipinski definition) is 1. The highest BCUT2D eigenvalue weighted by Crippen LogP contribution is 2.21. The van der Waals surface area contributed by atoms with Crippen LogP contribution in [-0.4, -0.2) is 24.1 Å². The molecule has 78 valence electrons. The summed E-state index contributed by atoms with van der Waals surface area (Å²) in [7, 11) is 0. The van der Waals surface area contributed by atoms with Crippen molar-refractivity contribution in [2.24, 2.45) is 5.73 Å². The number of ether oxygens (including phenoxy) is 1. The summed E-state index contributed by atoms with van der Waals surface area (Å²) in [4.78, 5) is 15.7. The summed E-state index contributed by atoms with van der Waals surface area (Å²) in [5.74, 6) is -0.364. The first-order valence-electron chi connectivity index (χ1n) is 4.52. The predicted octanol–water partition coefficient (Wildman–Crippen LogP) is 1.41. The number of hydrogen-bond acceptors (Lipinski definition) is 5. The van der Waals surface area contributed by atoms with Crippen molar-refractivity contribution >= 4 is 27.5 Å². The lowest BCUT2D eigenvalue weighted by molar-refractivity contribution is 0.0519. The van der Waals surface area contributed by atoms with Crippen molar-refractivity contribution in [1.29, 1.82) is 0 Å². The number of fused-ring (bicyclic) bond motifs is 1. The van der Waals surface area contributed by atoms with Crippen LogP contribution in [0.5, 0.6) is 0 Å². The summed E-state index contributed by atoms with van der Waals surface area (Å²) in [5, 5.41) is 0. The van der Waals surface area contributed by atoms with E-state index in [1.165, 1.54) is 11.3 Å². The fourth-order valence-corrected chi connectivity index (χ4v) is 1.98. The van der Waals surface area contributed by atoms with Gasteiger partial charge in [0.15, 0.2) is 0 Å². The van der Waals surface area contributed by atoms with E-state index < -0.39 is 0 Å². The third-order valence-corrected chi connectivity index (χ3v) is 2.73. The molecule has 0 aliphatic rings. The lowest BCUT2D eigenvalue weighted by Gasteiger charge is -2.02. The van der Waals surface area contributed by atoms with Crippen LogP contribution in [0.15, 0.2) is 23.7 Å². The molecule has 0 saturated carbocycles. The molecule has 2 rings (SSSR count). The Bertz CT molecular complexity index is 481. The van der Waals surface area contributed by atoms with E-state index in [0.29, 0.717) is 17.6 Å². The molecule has 0 saturated heterocycles. The van der Waals surface area contributed by atoms with Crippen molar-refractivity contribution < 1.29 is 9.53 Å². The fourth-order valence-electron chi connectivity index (χ4n) is 1.28. The summed E-state index contributed by atoms with van der Waals surface area (Å²) in [6.07, 6.45) is 0. The predicted molar refractivity (Wildman–Crippen MR) is 59.0 cm³/mol. The van der Waals surface area contributed by atoms with Crippen LogP contribution in [0.4, 0.5) is 0 Å². The van der Waals surface area contributed by atoms with Crippen molar-refractivity contribution in [1.82, 2.24) is 4.98 Å². The van der Waals surface area contributed by atoms with Gasteiger partial charge in [0, 0.05) is 6.54 Å². The van der Waals surface area contributed by atoms with Gasteiger partial charge in [0.05, 0.1) is 21.3 Å². The molecule has 0 fully saturated rings. The van der Waals surface area contributed by atoms with Gasteiger partial charge in [-0.1, -0.05) is 6.07 Å². The van der Waals surface area contributed by atoms with Gasteiger partial charge in [-0.15, -0.1) is 11.3 Å². The van der Waals surface area contributed by atoms with Gasteiger partial charge >= 0.3 is 5.97 Å². The summed E-state index contributed by atoms with van der Waals surface area (Å²) >= 11 is 1.50. The zero-order valence-electron chi connectivity index (χ0n) is 7.97. The van der Waals surface area contributed by atoms with E-state index in [1.807, 2.05) is 12.1 Å². The minimum absolute atomic E-state index is 0.235. The van der Waals surface area contributed by atoms with Crippen LogP contribution >= 0.6 is 11.3 Å². The topological polar surface area (TPSA) is 65.2 Å². The monoisotopic (exact) mass is 222 g/mol. The zero-order chi connectivity index (χ0) is 10.7. The Kier molecular flexibility index (Phi) is 2.94. The van der Waals surface area contributed by atoms with Gasteiger partial charge in [-0.2, -0.15) is 0 Å². The Morgan fingerprint density at radius 2 is 2.40 bits per heavy atom. The highest BCUT2D eigenvalue weighted by atomic mass is 32.1. The maximum Gasteiger partial charge on any atom is 0.340 e. The van der Waals surface area contributed by atoms with Gasteiger partial charge in [0.2, 0.25) is 0 Å². The summed E-state index contributed by atoms with van der Waals surface area (Å²) < 4.78 is 5.94. The minimum atomic E-state index is -0.364. The number of carbonyl (C=O) groups is 1. The van der Waals surface area contributed by atoms with Crippen molar-refractivity contribution in [2.45, 2.75) is 0 Å². The molecule has 0 amide bonds. The Hall–Kier alpha value is -1.46. The van der Waals surface area contributed by atoms with Crippen molar-refractivity contribution in [3.05, 3.63) is 29.3 Å². The maximum absolute atomic E-state index is 11.6. The Morgan fingerprint density at radius 1 is 1.53 bits per heavy atom. The molecule has 0 bridgehead atoms. The number of carbonyl (C=O) groups excluding carboxylic acids is 1. The van der Waals surface area contributed by atoms with Crippen molar-refractivity contribution in [3.8, 4) is 0 Å². The second-order valence-corrected chi connectivity index (χ2v) is 3.82. The molecule has 1 heterocycles. The zero-order valence-corrected chi connectivity index (χ0v) is 8.79. The molecule has 0 radical (unpaired) electrons. The molecule has 1 aromatic heterocycles. The van der Waals surface area contributed by atoms with Crippen LogP contribution in [-0.2, 0) is 4.74 Å². The average Bonchev–Trinajstić information content (AvgIpc) is 2.73. The molecule has 0 atom stereocenters. The number of esters is 1. The quantitative estimate of drug-likeness (QED) is 0.797. The van der Waals surface area contributed by atoms with E-state index in [2.05, 4.69) is 4.98 Å². The van der Waals surface area contributed by atoms with Crippen LogP contribution in [0.2, 0.25) is 0 Å². The highest BCUT2D eigenvalue weighted by molar-refractivity contribution is 7.16. The first kappa shape index (κ1) is 10.1. The van der Waals surface area contributed by atoms with Crippen LogP contribution < -0.4 is 5.73 Å². The van der Waals surface area contributed by atoms with Gasteiger partial charge < -0.3 is 10.5 Å². The normalized spacial score (nSPS) is 10.5. The second kappa shape index (κ2) is 4.37. The molecule has 0 unspecified atom stereocenters. The SMILES string of the molecule is NCCOC(=O)c1cccc2scnc12. The van der Waals surface area contributed by atoms with Crippen LogP contribution in [0.25, 0.3) is 10.2 Å². The number of thiazole rings is 1. The Labute approximate surface area is 90.7 Å². The number of nitrogens with zero attached hydrogens (tertiary/aromatic N) is 1. The number of nitrogens with two attached hydrogens (primary N) is 1. The van der Waals surface area contributed by atoms with E-state index in [9.17, 15) is 4.79 Å². The molecular weight excluding hydrogens is 212 g/mol. The first-order chi connectivity index (χ1) is 7.33. The number of benzene rings is 1.